The highest BCUT2D eigenvalue weighted by atomic mass is 19.4. The lowest BCUT2D eigenvalue weighted by Gasteiger charge is -2.27. The first-order valence-electron chi connectivity index (χ1n) is 11.0. The van der Waals surface area contributed by atoms with Gasteiger partial charge in [0.1, 0.15) is 11.4 Å². The maximum absolute atomic E-state index is 14.0. The fraction of sp³-hybridized carbons (Fsp3) is 0.522. The summed E-state index contributed by atoms with van der Waals surface area (Å²) in [7, 11) is 1.21. The molecule has 0 spiro atoms. The van der Waals surface area contributed by atoms with Crippen molar-refractivity contribution in [2.24, 2.45) is 0 Å². The Kier molecular flexibility index (Phi) is 7.42. The average Bonchev–Trinajstić information content (AvgIpc) is 2.93. The summed E-state index contributed by atoms with van der Waals surface area (Å²) in [5.74, 6) is -4.23. The van der Waals surface area contributed by atoms with Crippen LogP contribution in [0.3, 0.4) is 0 Å². The number of hydrogen-bond acceptors (Lipinski definition) is 6. The highest BCUT2D eigenvalue weighted by Crippen LogP contribution is 2.40. The topological polar surface area (TPSA) is 84.5 Å². The molecule has 1 N–H and O–H groups in total. The van der Waals surface area contributed by atoms with Crippen LogP contribution in [0.1, 0.15) is 53.5 Å². The molecule has 0 aromatic carbocycles. The van der Waals surface area contributed by atoms with Crippen LogP contribution in [0.5, 0.6) is 5.75 Å². The zero-order valence-electron chi connectivity index (χ0n) is 19.7. The van der Waals surface area contributed by atoms with Crippen molar-refractivity contribution in [3.63, 3.8) is 0 Å². The summed E-state index contributed by atoms with van der Waals surface area (Å²) in [6.07, 6.45) is -5.60. The lowest BCUT2D eigenvalue weighted by atomic mass is 10.0. The van der Waals surface area contributed by atoms with Crippen molar-refractivity contribution >= 4 is 11.8 Å². The van der Waals surface area contributed by atoms with E-state index in [1.807, 2.05) is 0 Å². The molecule has 0 saturated carbocycles. The maximum atomic E-state index is 14.0. The fourth-order valence-corrected chi connectivity index (χ4v) is 4.13. The summed E-state index contributed by atoms with van der Waals surface area (Å²) in [6.45, 7) is 3.96. The normalized spacial score (nSPS) is 16.1. The molecule has 12 heteroatoms. The van der Waals surface area contributed by atoms with Crippen LogP contribution in [0, 0.1) is 13.8 Å². The molecule has 7 nitrogen and oxygen atoms in total. The number of nitrogens with one attached hydrogen (secondary N) is 1. The minimum atomic E-state index is -4.79. The molecule has 0 aliphatic carbocycles. The highest BCUT2D eigenvalue weighted by Gasteiger charge is 2.38. The fourth-order valence-electron chi connectivity index (χ4n) is 4.13. The van der Waals surface area contributed by atoms with Gasteiger partial charge < -0.3 is 19.4 Å². The van der Waals surface area contributed by atoms with Gasteiger partial charge in [-0.05, 0) is 33.3 Å². The lowest BCUT2D eigenvalue weighted by molar-refractivity contribution is -0.138. The number of nitrogens with zero attached hydrogens (tertiary/aromatic N) is 2. The highest BCUT2D eigenvalue weighted by molar-refractivity contribution is 5.98. The van der Waals surface area contributed by atoms with Crippen LogP contribution >= 0.6 is 0 Å². The van der Waals surface area contributed by atoms with Crippen molar-refractivity contribution in [1.82, 2.24) is 9.97 Å². The van der Waals surface area contributed by atoms with Crippen LogP contribution in [0.4, 0.5) is 27.8 Å². The molecule has 0 bridgehead atoms. The number of alkyl halides is 5. The molecule has 1 saturated heterocycles. The summed E-state index contributed by atoms with van der Waals surface area (Å²) < 4.78 is 79.5. The summed E-state index contributed by atoms with van der Waals surface area (Å²) in [4.78, 5) is 34.2. The second-order valence-corrected chi connectivity index (χ2v) is 8.27. The van der Waals surface area contributed by atoms with Gasteiger partial charge in [-0.1, -0.05) is 0 Å². The molecule has 0 radical (unpaired) electrons. The molecule has 35 heavy (non-hydrogen) atoms. The second kappa shape index (κ2) is 9.82. The molecule has 0 amide bonds. The van der Waals surface area contributed by atoms with Gasteiger partial charge in [-0.25, -0.2) is 18.6 Å². The SMILES string of the molecule is CCOC(=O)c1c(-c2cc(C(F)(F)F)c(C)nc2N2CCCC(F)(F)CC2)[nH]c(C)c(OC)c1=O. The van der Waals surface area contributed by atoms with E-state index in [1.54, 1.807) is 0 Å². The third kappa shape index (κ3) is 5.40. The number of halogens is 5. The van der Waals surface area contributed by atoms with Gasteiger partial charge in [0.25, 0.3) is 0 Å². The molecule has 3 rings (SSSR count). The van der Waals surface area contributed by atoms with E-state index in [1.165, 1.54) is 25.9 Å². The first kappa shape index (κ1) is 26.4. The Morgan fingerprint density at radius 3 is 2.51 bits per heavy atom. The Morgan fingerprint density at radius 2 is 1.91 bits per heavy atom. The molecule has 1 fully saturated rings. The summed E-state index contributed by atoms with van der Waals surface area (Å²) in [6, 6.07) is 0.778. The number of rotatable bonds is 5. The predicted octanol–water partition coefficient (Wildman–Crippen LogP) is 4.88. The van der Waals surface area contributed by atoms with E-state index in [-0.39, 0.29) is 66.8 Å². The van der Waals surface area contributed by atoms with Gasteiger partial charge >= 0.3 is 12.1 Å². The smallest absolute Gasteiger partial charge is 0.418 e. The van der Waals surface area contributed by atoms with E-state index >= 15 is 0 Å². The lowest BCUT2D eigenvalue weighted by Crippen LogP contribution is -2.29. The van der Waals surface area contributed by atoms with Gasteiger partial charge in [0.2, 0.25) is 11.4 Å². The zero-order chi connectivity index (χ0) is 26.1. The molecule has 2 aromatic heterocycles. The summed E-state index contributed by atoms with van der Waals surface area (Å²) in [5.41, 5.74) is -3.20. The number of ether oxygens (including phenoxy) is 2. The minimum absolute atomic E-state index is 0.0426. The largest absolute Gasteiger partial charge is 0.491 e. The number of anilines is 1. The molecule has 3 heterocycles. The van der Waals surface area contributed by atoms with Crippen molar-refractivity contribution < 1.29 is 36.2 Å². The van der Waals surface area contributed by atoms with E-state index < -0.39 is 41.0 Å². The number of pyridine rings is 2. The molecule has 192 valence electrons. The van der Waals surface area contributed by atoms with Gasteiger partial charge in [0, 0.05) is 31.5 Å². The van der Waals surface area contributed by atoms with E-state index in [0.29, 0.717) is 0 Å². The van der Waals surface area contributed by atoms with Crippen molar-refractivity contribution in [2.45, 2.75) is 52.1 Å². The number of H-pyrrole nitrogens is 1. The molecule has 0 atom stereocenters. The number of esters is 1. The van der Waals surface area contributed by atoms with Crippen LogP contribution in [0.25, 0.3) is 11.3 Å². The standard InChI is InChI=1S/C23H26F5N3O4/c1-5-35-21(33)16-17(29-13(3)19(34-4)18(16)32)14-11-15(23(26,27)28)12(2)30-20(14)31-9-6-7-22(24,25)8-10-31/h11H,5-10H2,1-4H3,(H,29,32). The van der Waals surface area contributed by atoms with E-state index in [2.05, 4.69) is 9.97 Å². The Morgan fingerprint density at radius 1 is 1.23 bits per heavy atom. The Bertz CT molecular complexity index is 1180. The van der Waals surface area contributed by atoms with Crippen molar-refractivity contribution in [3.8, 4) is 17.0 Å². The zero-order valence-corrected chi connectivity index (χ0v) is 19.7. The minimum Gasteiger partial charge on any atom is -0.491 e. The number of aromatic amines is 1. The molecule has 1 aliphatic heterocycles. The number of aromatic nitrogens is 2. The van der Waals surface area contributed by atoms with Gasteiger partial charge in [-0.3, -0.25) is 4.79 Å². The Labute approximate surface area is 198 Å². The molecular weight excluding hydrogens is 477 g/mol. The Hall–Kier alpha value is -3.18. The van der Waals surface area contributed by atoms with Gasteiger partial charge in [-0.2, -0.15) is 13.2 Å². The van der Waals surface area contributed by atoms with Crippen molar-refractivity contribution in [2.75, 3.05) is 31.7 Å². The third-order valence-electron chi connectivity index (χ3n) is 5.81. The van der Waals surface area contributed by atoms with Crippen molar-refractivity contribution in [3.05, 3.63) is 38.8 Å². The number of carbonyl (C=O) groups is 1. The van der Waals surface area contributed by atoms with Crippen LogP contribution in [-0.2, 0) is 10.9 Å². The molecule has 1 aliphatic rings. The first-order chi connectivity index (χ1) is 16.3. The number of methoxy groups -OCH3 is 1. The molecule has 2 aromatic rings. The van der Waals surface area contributed by atoms with E-state index in [0.717, 1.165) is 13.0 Å². The van der Waals surface area contributed by atoms with Crippen LogP contribution in [0.2, 0.25) is 0 Å². The average molecular weight is 503 g/mol. The predicted molar refractivity (Wildman–Crippen MR) is 118 cm³/mol. The quantitative estimate of drug-likeness (QED) is 0.463. The van der Waals surface area contributed by atoms with Crippen LogP contribution in [-0.4, -0.2) is 48.7 Å². The van der Waals surface area contributed by atoms with Crippen LogP contribution < -0.4 is 15.1 Å². The summed E-state index contributed by atoms with van der Waals surface area (Å²) in [5, 5.41) is 0. The van der Waals surface area contributed by atoms with E-state index in [9.17, 15) is 31.5 Å². The third-order valence-corrected chi connectivity index (χ3v) is 5.81. The van der Waals surface area contributed by atoms with Gasteiger partial charge in [-0.15, -0.1) is 0 Å². The number of carbonyl (C=O) groups excluding carboxylic acids is 1. The molecule has 0 unspecified atom stereocenters. The number of aryl methyl sites for hydroxylation is 2. The van der Waals surface area contributed by atoms with Gasteiger partial charge in [0.15, 0.2) is 5.75 Å². The molecular formula is C23H26F5N3O4. The monoisotopic (exact) mass is 503 g/mol. The number of hydrogen-bond donors (Lipinski definition) is 1. The van der Waals surface area contributed by atoms with E-state index in [4.69, 9.17) is 9.47 Å². The Balaban J connectivity index is 2.36. The van der Waals surface area contributed by atoms with Gasteiger partial charge in [0.05, 0.1) is 36.4 Å². The maximum Gasteiger partial charge on any atom is 0.418 e. The summed E-state index contributed by atoms with van der Waals surface area (Å²) >= 11 is 0. The second-order valence-electron chi connectivity index (χ2n) is 8.27. The van der Waals surface area contributed by atoms with Crippen molar-refractivity contribution in [1.29, 1.82) is 0 Å². The van der Waals surface area contributed by atoms with Crippen LogP contribution in [0.15, 0.2) is 10.9 Å². The first-order valence-corrected chi connectivity index (χ1v) is 11.0.